The van der Waals surface area contributed by atoms with Gasteiger partial charge in [0.1, 0.15) is 0 Å². The van der Waals surface area contributed by atoms with Gasteiger partial charge in [0.05, 0.1) is 35.3 Å². The van der Waals surface area contributed by atoms with Gasteiger partial charge in [-0.05, 0) is 74.5 Å². The second-order valence-corrected chi connectivity index (χ2v) is 11.3. The molecule has 15 nitrogen and oxygen atoms in total. The Kier molecular flexibility index (Phi) is 9.03. The molecule has 5 heterocycles. The first kappa shape index (κ1) is 33.1. The number of anilines is 8. The van der Waals surface area contributed by atoms with Crippen molar-refractivity contribution >= 4 is 68.5 Å². The molecule has 3 aromatic carbocycles. The number of oxazole rings is 2. The molecule has 0 saturated carbocycles. The first-order valence-corrected chi connectivity index (χ1v) is 15.5. The van der Waals surface area contributed by atoms with E-state index in [2.05, 4.69) is 56.2 Å². The summed E-state index contributed by atoms with van der Waals surface area (Å²) in [6.07, 6.45) is 3.79. The Labute approximate surface area is 291 Å². The Morgan fingerprint density at radius 3 is 1.54 bits per heavy atom. The van der Waals surface area contributed by atoms with Gasteiger partial charge >= 0.3 is 11.5 Å². The SMILES string of the molecule is Cc1ccc(Nc2ncc(F)c(Nc3ccc4oc(=O)[nH]c4c3)n2)cc1.Cc1ccc(Nc2ncc(F)c(Nc3ccc4oc(=O)[nH]c4c3)n2)cn1. The Morgan fingerprint density at radius 2 is 1.04 bits per heavy atom. The maximum absolute atomic E-state index is 14.1. The third-order valence-electron chi connectivity index (χ3n) is 7.33. The van der Waals surface area contributed by atoms with Crippen LogP contribution in [0.3, 0.4) is 0 Å². The standard InChI is InChI=1S/C18H14FN5O2.C17H13FN6O2/c1-10-2-4-11(5-3-10)22-17-20-9-13(19)16(24-17)21-12-6-7-15-14(8-12)23-18(25)26-15;1-9-2-3-11(7-19-9)22-16-20-8-12(18)15(24-16)21-10-4-5-14-13(6-10)23-17(25)26-14/h2-9H,1H3,(H,23,25)(H2,20,21,22,24);2-8H,1H3,(H,23,25)(H2,20,21,22,24). The summed E-state index contributed by atoms with van der Waals surface area (Å²) >= 11 is 0. The predicted octanol–water partition coefficient (Wildman–Crippen LogP) is 7.09. The lowest BCUT2D eigenvalue weighted by Crippen LogP contribution is -2.03. The number of aromatic nitrogens is 7. The van der Waals surface area contributed by atoms with Crippen molar-refractivity contribution in [2.24, 2.45) is 0 Å². The number of nitrogens with one attached hydrogen (secondary N) is 6. The molecule has 52 heavy (non-hydrogen) atoms. The molecule has 260 valence electrons. The van der Waals surface area contributed by atoms with Crippen molar-refractivity contribution in [1.29, 1.82) is 0 Å². The van der Waals surface area contributed by atoms with Crippen molar-refractivity contribution in [1.82, 2.24) is 34.9 Å². The van der Waals surface area contributed by atoms with Crippen LogP contribution < -0.4 is 32.8 Å². The van der Waals surface area contributed by atoms with Crippen LogP contribution in [0, 0.1) is 25.5 Å². The van der Waals surface area contributed by atoms with Crippen molar-refractivity contribution in [3.63, 3.8) is 0 Å². The maximum atomic E-state index is 14.1. The van der Waals surface area contributed by atoms with Crippen molar-refractivity contribution in [3.8, 4) is 0 Å². The van der Waals surface area contributed by atoms with Crippen LogP contribution in [-0.2, 0) is 0 Å². The van der Waals surface area contributed by atoms with Crippen LogP contribution in [0.1, 0.15) is 11.3 Å². The van der Waals surface area contributed by atoms with Crippen molar-refractivity contribution in [2.45, 2.75) is 13.8 Å². The average molecular weight is 704 g/mol. The summed E-state index contributed by atoms with van der Waals surface area (Å²) in [6, 6.07) is 21.1. The summed E-state index contributed by atoms with van der Waals surface area (Å²) in [4.78, 5) is 47.9. The van der Waals surface area contributed by atoms with Gasteiger partial charge < -0.3 is 30.1 Å². The van der Waals surface area contributed by atoms with E-state index in [4.69, 9.17) is 8.83 Å². The van der Waals surface area contributed by atoms with E-state index < -0.39 is 23.1 Å². The molecular formula is C35H27F2N11O4. The number of pyridine rings is 1. The smallest absolute Gasteiger partial charge is 0.408 e. The monoisotopic (exact) mass is 703 g/mol. The zero-order valence-corrected chi connectivity index (χ0v) is 27.3. The van der Waals surface area contributed by atoms with Crippen LogP contribution in [0.4, 0.5) is 55.1 Å². The Bertz CT molecular complexity index is 2450. The molecule has 0 radical (unpaired) electrons. The summed E-state index contributed by atoms with van der Waals surface area (Å²) in [5.74, 6) is -1.82. The third kappa shape index (κ3) is 7.89. The molecule has 0 bridgehead atoms. The Balaban J connectivity index is 0.000000162. The third-order valence-corrected chi connectivity index (χ3v) is 7.33. The molecule has 6 N–H and O–H groups in total. The second-order valence-electron chi connectivity index (χ2n) is 11.3. The van der Waals surface area contributed by atoms with E-state index in [1.165, 1.54) is 0 Å². The predicted molar refractivity (Wildman–Crippen MR) is 191 cm³/mol. The van der Waals surface area contributed by atoms with E-state index in [0.717, 1.165) is 29.3 Å². The topological polar surface area (TPSA) is 205 Å². The number of rotatable bonds is 8. The van der Waals surface area contributed by atoms with E-state index >= 15 is 0 Å². The summed E-state index contributed by atoms with van der Waals surface area (Å²) in [5, 5.41) is 11.7. The fraction of sp³-hybridized carbons (Fsp3) is 0.0571. The number of hydrogen-bond donors (Lipinski definition) is 6. The highest BCUT2D eigenvalue weighted by Crippen LogP contribution is 2.24. The number of hydrogen-bond acceptors (Lipinski definition) is 13. The summed E-state index contributed by atoms with van der Waals surface area (Å²) in [6.45, 7) is 3.87. The maximum Gasteiger partial charge on any atom is 0.417 e. The van der Waals surface area contributed by atoms with Gasteiger partial charge in [-0.25, -0.2) is 28.3 Å². The minimum absolute atomic E-state index is 0.00670. The molecule has 0 aliphatic carbocycles. The van der Waals surface area contributed by atoms with Crippen molar-refractivity contribution in [2.75, 3.05) is 21.3 Å². The van der Waals surface area contributed by atoms with E-state index in [1.54, 1.807) is 42.6 Å². The van der Waals surface area contributed by atoms with Gasteiger partial charge in [-0.15, -0.1) is 0 Å². The minimum atomic E-state index is -0.613. The highest BCUT2D eigenvalue weighted by atomic mass is 19.1. The molecule has 0 unspecified atom stereocenters. The normalized spacial score (nSPS) is 10.8. The van der Waals surface area contributed by atoms with Crippen LogP contribution in [0.2, 0.25) is 0 Å². The summed E-state index contributed by atoms with van der Waals surface area (Å²) in [7, 11) is 0. The number of halogens is 2. The van der Waals surface area contributed by atoms with Crippen molar-refractivity contribution < 1.29 is 17.6 Å². The van der Waals surface area contributed by atoms with Crippen LogP contribution in [0.15, 0.2) is 110 Å². The van der Waals surface area contributed by atoms with Crippen LogP contribution in [-0.4, -0.2) is 34.9 Å². The molecule has 0 spiro atoms. The molecule has 0 aliphatic heterocycles. The second kappa shape index (κ2) is 14.2. The van der Waals surface area contributed by atoms with Gasteiger partial charge in [-0.1, -0.05) is 17.7 Å². The Morgan fingerprint density at radius 1 is 0.558 bits per heavy atom. The fourth-order valence-electron chi connectivity index (χ4n) is 4.80. The minimum Gasteiger partial charge on any atom is -0.408 e. The van der Waals surface area contributed by atoms with Gasteiger partial charge in [0.2, 0.25) is 11.9 Å². The van der Waals surface area contributed by atoms with Crippen molar-refractivity contribution in [3.05, 3.63) is 135 Å². The first-order valence-electron chi connectivity index (χ1n) is 15.5. The molecular weight excluding hydrogens is 676 g/mol. The van der Waals surface area contributed by atoms with E-state index in [0.29, 0.717) is 39.3 Å². The molecule has 0 aliphatic rings. The number of nitrogens with zero attached hydrogens (tertiary/aromatic N) is 5. The molecule has 8 aromatic rings. The van der Waals surface area contributed by atoms with Gasteiger partial charge in [0, 0.05) is 22.8 Å². The zero-order valence-electron chi connectivity index (χ0n) is 27.3. The quantitative estimate of drug-likeness (QED) is 0.0937. The first-order chi connectivity index (χ1) is 25.1. The molecule has 0 fully saturated rings. The molecule has 17 heteroatoms. The van der Waals surface area contributed by atoms with Gasteiger partial charge in [0.15, 0.2) is 34.4 Å². The lowest BCUT2D eigenvalue weighted by Gasteiger charge is -2.09. The molecule has 8 rings (SSSR count). The number of aromatic amines is 2. The lowest BCUT2D eigenvalue weighted by atomic mass is 10.2. The molecule has 5 aromatic heterocycles. The Hall–Kier alpha value is -7.43. The summed E-state index contributed by atoms with van der Waals surface area (Å²) < 4.78 is 38.0. The van der Waals surface area contributed by atoms with Crippen LogP contribution in [0.25, 0.3) is 22.2 Å². The lowest BCUT2D eigenvalue weighted by molar-refractivity contribution is 0.555. The van der Waals surface area contributed by atoms with E-state index in [-0.39, 0.29) is 23.5 Å². The molecule has 0 saturated heterocycles. The zero-order chi connectivity index (χ0) is 36.2. The number of H-pyrrole nitrogens is 2. The van der Waals surface area contributed by atoms with E-state index in [9.17, 15) is 18.4 Å². The number of fused-ring (bicyclic) bond motifs is 2. The highest BCUT2D eigenvalue weighted by Gasteiger charge is 2.11. The van der Waals surface area contributed by atoms with Crippen LogP contribution >= 0.6 is 0 Å². The van der Waals surface area contributed by atoms with Gasteiger partial charge in [0.25, 0.3) is 0 Å². The molecule has 0 amide bonds. The van der Waals surface area contributed by atoms with Crippen LogP contribution in [0.5, 0.6) is 0 Å². The largest absolute Gasteiger partial charge is 0.417 e. The summed E-state index contributed by atoms with van der Waals surface area (Å²) in [5.41, 5.74) is 6.42. The number of aryl methyl sites for hydroxylation is 2. The van der Waals surface area contributed by atoms with Gasteiger partial charge in [-0.3, -0.25) is 15.0 Å². The average Bonchev–Trinajstić information content (AvgIpc) is 3.69. The fourth-order valence-corrected chi connectivity index (χ4v) is 4.80. The van der Waals surface area contributed by atoms with E-state index in [1.807, 2.05) is 50.2 Å². The van der Waals surface area contributed by atoms with Gasteiger partial charge in [-0.2, -0.15) is 9.97 Å². The molecule has 0 atom stereocenters. The highest BCUT2D eigenvalue weighted by molar-refractivity contribution is 5.79. The number of benzene rings is 3.